The van der Waals surface area contributed by atoms with Crippen LogP contribution in [0.4, 0.5) is 10.1 Å². The van der Waals surface area contributed by atoms with Crippen LogP contribution in [0.15, 0.2) is 112 Å². The van der Waals surface area contributed by atoms with Crippen LogP contribution in [-0.4, -0.2) is 44.3 Å². The van der Waals surface area contributed by atoms with Gasteiger partial charge in [0.15, 0.2) is 0 Å². The molecule has 0 radical (unpaired) electrons. The lowest BCUT2D eigenvalue weighted by Gasteiger charge is -2.34. The molecule has 43 heavy (non-hydrogen) atoms. The number of rotatable bonds is 12. The fraction of sp³-hybridized carbons (Fsp3) is 0.212. The highest BCUT2D eigenvalue weighted by Gasteiger charge is 2.35. The van der Waals surface area contributed by atoms with Gasteiger partial charge in [0.1, 0.15) is 18.4 Å². The van der Waals surface area contributed by atoms with Crippen molar-refractivity contribution in [2.75, 3.05) is 17.4 Å². The fourth-order valence-electron chi connectivity index (χ4n) is 4.68. The molecule has 4 aromatic carbocycles. The minimum absolute atomic E-state index is 0.0165. The van der Waals surface area contributed by atoms with E-state index in [2.05, 4.69) is 21.2 Å². The summed E-state index contributed by atoms with van der Waals surface area (Å²) in [5.74, 6) is -1.84. The van der Waals surface area contributed by atoms with Crippen LogP contribution in [0.5, 0.6) is 0 Å². The molecule has 4 aromatic rings. The first-order chi connectivity index (χ1) is 20.6. The van der Waals surface area contributed by atoms with Crippen molar-refractivity contribution in [3.8, 4) is 0 Å². The van der Waals surface area contributed by atoms with E-state index in [1.807, 2.05) is 61.5 Å². The molecule has 1 unspecified atom stereocenters. The summed E-state index contributed by atoms with van der Waals surface area (Å²) >= 11 is 3.46. The molecule has 0 saturated carbocycles. The fourth-order valence-corrected chi connectivity index (χ4v) is 6.55. The van der Waals surface area contributed by atoms with E-state index in [9.17, 15) is 18.0 Å². The molecule has 7 nitrogen and oxygen atoms in total. The van der Waals surface area contributed by atoms with Crippen LogP contribution in [0, 0.1) is 12.7 Å². The van der Waals surface area contributed by atoms with Crippen LogP contribution < -0.4 is 9.62 Å². The Balaban J connectivity index is 1.80. The minimum Gasteiger partial charge on any atom is -0.355 e. The summed E-state index contributed by atoms with van der Waals surface area (Å²) in [5, 5.41) is 2.82. The molecule has 0 spiro atoms. The molecule has 4 rings (SSSR count). The second-order valence-corrected chi connectivity index (χ2v) is 12.8. The van der Waals surface area contributed by atoms with Gasteiger partial charge in [-0.3, -0.25) is 13.9 Å². The number of halogens is 2. The lowest BCUT2D eigenvalue weighted by Crippen LogP contribution is -2.53. The van der Waals surface area contributed by atoms with E-state index in [0.29, 0.717) is 6.54 Å². The van der Waals surface area contributed by atoms with Gasteiger partial charge in [-0.2, -0.15) is 0 Å². The average molecular weight is 667 g/mol. The van der Waals surface area contributed by atoms with E-state index in [1.165, 1.54) is 35.2 Å². The summed E-state index contributed by atoms with van der Waals surface area (Å²) in [6.45, 7) is 3.24. The van der Waals surface area contributed by atoms with Crippen LogP contribution in [0.3, 0.4) is 0 Å². The summed E-state index contributed by atoms with van der Waals surface area (Å²) < 4.78 is 44.6. The molecular formula is C33H33BrFN3O4S. The summed E-state index contributed by atoms with van der Waals surface area (Å²) in [6, 6.07) is 27.1. The van der Waals surface area contributed by atoms with Crippen molar-refractivity contribution in [2.45, 2.75) is 37.8 Å². The SMILES string of the molecule is CCNC(=O)C(Cc1ccccc1)N(Cc1cccc(Br)c1)C(=O)CN(c1ccccc1F)S(=O)(=O)c1ccc(C)cc1. The van der Waals surface area contributed by atoms with Gasteiger partial charge in [0.2, 0.25) is 11.8 Å². The number of hydrogen-bond acceptors (Lipinski definition) is 4. The highest BCUT2D eigenvalue weighted by Crippen LogP contribution is 2.27. The van der Waals surface area contributed by atoms with Crippen molar-refractivity contribution < 1.29 is 22.4 Å². The molecule has 0 saturated heterocycles. The van der Waals surface area contributed by atoms with Crippen molar-refractivity contribution in [1.82, 2.24) is 10.2 Å². The maximum Gasteiger partial charge on any atom is 0.264 e. The number of benzene rings is 4. The minimum atomic E-state index is -4.38. The number of para-hydroxylation sites is 1. The molecule has 0 aliphatic rings. The van der Waals surface area contributed by atoms with Crippen LogP contribution in [0.25, 0.3) is 0 Å². The molecule has 0 aromatic heterocycles. The van der Waals surface area contributed by atoms with Gasteiger partial charge in [0, 0.05) is 24.0 Å². The van der Waals surface area contributed by atoms with Crippen molar-refractivity contribution >= 4 is 43.5 Å². The third kappa shape index (κ3) is 8.09. The van der Waals surface area contributed by atoms with Gasteiger partial charge in [-0.25, -0.2) is 12.8 Å². The number of anilines is 1. The molecule has 224 valence electrons. The third-order valence-electron chi connectivity index (χ3n) is 6.87. The first-order valence-corrected chi connectivity index (χ1v) is 16.0. The quantitative estimate of drug-likeness (QED) is 0.205. The van der Waals surface area contributed by atoms with E-state index in [4.69, 9.17) is 0 Å². The topological polar surface area (TPSA) is 86.8 Å². The number of hydrogen-bond donors (Lipinski definition) is 1. The van der Waals surface area contributed by atoms with Crippen molar-refractivity contribution in [3.05, 3.63) is 130 Å². The molecular weight excluding hydrogens is 633 g/mol. The van der Waals surface area contributed by atoms with E-state index >= 15 is 4.39 Å². The zero-order chi connectivity index (χ0) is 31.0. The van der Waals surface area contributed by atoms with Crippen molar-refractivity contribution in [2.24, 2.45) is 0 Å². The Bertz CT molecular complexity index is 1670. The van der Waals surface area contributed by atoms with Gasteiger partial charge >= 0.3 is 0 Å². The van der Waals surface area contributed by atoms with Crippen LogP contribution >= 0.6 is 15.9 Å². The summed E-state index contributed by atoms with van der Waals surface area (Å²) in [6.07, 6.45) is 0.191. The molecule has 1 atom stereocenters. The Hall–Kier alpha value is -4.02. The number of nitrogens with zero attached hydrogens (tertiary/aromatic N) is 2. The van der Waals surface area contributed by atoms with Gasteiger partial charge in [0.05, 0.1) is 10.6 Å². The number of carbonyl (C=O) groups excluding carboxylic acids is 2. The molecule has 0 bridgehead atoms. The number of amides is 2. The van der Waals surface area contributed by atoms with Gasteiger partial charge in [0.25, 0.3) is 10.0 Å². The standard InChI is InChI=1S/C33H33BrFN3O4S/c1-3-36-33(40)31(21-25-10-5-4-6-11-25)37(22-26-12-9-13-27(34)20-26)32(39)23-38(30-15-8-7-14-29(30)35)43(41,42)28-18-16-24(2)17-19-28/h4-20,31H,3,21-23H2,1-2H3,(H,36,40). The predicted molar refractivity (Wildman–Crippen MR) is 169 cm³/mol. The van der Waals surface area contributed by atoms with Gasteiger partial charge in [-0.1, -0.05) is 88.2 Å². The number of carbonyl (C=O) groups is 2. The first-order valence-electron chi connectivity index (χ1n) is 13.8. The lowest BCUT2D eigenvalue weighted by atomic mass is 10.0. The lowest BCUT2D eigenvalue weighted by molar-refractivity contribution is -0.140. The average Bonchev–Trinajstić information content (AvgIpc) is 2.99. The van der Waals surface area contributed by atoms with Crippen LogP contribution in [-0.2, 0) is 32.6 Å². The number of aryl methyl sites for hydroxylation is 1. The summed E-state index contributed by atoms with van der Waals surface area (Å²) in [7, 11) is -4.38. The number of sulfonamides is 1. The molecule has 10 heteroatoms. The van der Waals surface area contributed by atoms with E-state index in [1.54, 1.807) is 19.1 Å². The maximum absolute atomic E-state index is 15.2. The maximum atomic E-state index is 15.2. The Morgan fingerprint density at radius 3 is 2.19 bits per heavy atom. The predicted octanol–water partition coefficient (Wildman–Crippen LogP) is 5.87. The molecule has 2 amide bonds. The summed E-state index contributed by atoms with van der Waals surface area (Å²) in [5.41, 5.74) is 2.13. The Morgan fingerprint density at radius 1 is 0.884 bits per heavy atom. The Morgan fingerprint density at radius 2 is 1.53 bits per heavy atom. The smallest absolute Gasteiger partial charge is 0.264 e. The highest BCUT2D eigenvalue weighted by molar-refractivity contribution is 9.10. The van der Waals surface area contributed by atoms with Crippen LogP contribution in [0.1, 0.15) is 23.6 Å². The third-order valence-corrected chi connectivity index (χ3v) is 9.14. The molecule has 1 N–H and O–H groups in total. The second-order valence-electron chi connectivity index (χ2n) is 10.0. The van der Waals surface area contributed by atoms with E-state index in [-0.39, 0.29) is 29.5 Å². The molecule has 0 heterocycles. The van der Waals surface area contributed by atoms with Gasteiger partial charge < -0.3 is 10.2 Å². The second kappa shape index (κ2) is 14.4. The van der Waals surface area contributed by atoms with Crippen LogP contribution in [0.2, 0.25) is 0 Å². The van der Waals surface area contributed by atoms with E-state index < -0.39 is 34.3 Å². The molecule has 0 aliphatic carbocycles. The Labute approximate surface area is 260 Å². The highest BCUT2D eigenvalue weighted by atomic mass is 79.9. The number of likely N-dealkylation sites (N-methyl/N-ethyl adjacent to an activating group) is 1. The zero-order valence-electron chi connectivity index (χ0n) is 23.9. The molecule has 0 aliphatic heterocycles. The number of nitrogens with one attached hydrogen (secondary N) is 1. The van der Waals surface area contributed by atoms with E-state index in [0.717, 1.165) is 31.5 Å². The summed E-state index contributed by atoms with van der Waals surface area (Å²) in [4.78, 5) is 29.1. The van der Waals surface area contributed by atoms with Gasteiger partial charge in [-0.05, 0) is 61.4 Å². The normalized spacial score (nSPS) is 11.9. The Kier molecular flexibility index (Phi) is 10.7. The van der Waals surface area contributed by atoms with Crippen molar-refractivity contribution in [3.63, 3.8) is 0 Å². The largest absolute Gasteiger partial charge is 0.355 e. The monoisotopic (exact) mass is 665 g/mol. The first kappa shape index (κ1) is 31.9. The van der Waals surface area contributed by atoms with Crippen molar-refractivity contribution in [1.29, 1.82) is 0 Å². The zero-order valence-corrected chi connectivity index (χ0v) is 26.3. The van der Waals surface area contributed by atoms with Gasteiger partial charge in [-0.15, -0.1) is 0 Å². The molecule has 0 fully saturated rings.